The fourth-order valence-corrected chi connectivity index (χ4v) is 3.38. The maximum Gasteiger partial charge on any atom is 0.0935 e. The summed E-state index contributed by atoms with van der Waals surface area (Å²) in [6.07, 6.45) is 6.24. The Labute approximate surface area is 115 Å². The molecular weight excluding hydrogens is 238 g/mol. The quantitative estimate of drug-likeness (QED) is 0.804. The largest absolute Gasteiger partial charge is 0.371 e. The van der Waals surface area contributed by atoms with E-state index >= 15 is 0 Å². The molecule has 1 atom stereocenters. The molecule has 2 fully saturated rings. The summed E-state index contributed by atoms with van der Waals surface area (Å²) in [6, 6.07) is 4.17. The lowest BCUT2D eigenvalue weighted by Gasteiger charge is -2.47. The highest BCUT2D eigenvalue weighted by Gasteiger charge is 2.39. The van der Waals surface area contributed by atoms with Crippen molar-refractivity contribution in [1.82, 2.24) is 14.8 Å². The van der Waals surface area contributed by atoms with Gasteiger partial charge < -0.3 is 9.64 Å². The predicted molar refractivity (Wildman–Crippen MR) is 74.9 cm³/mol. The fourth-order valence-electron chi connectivity index (χ4n) is 3.38. The van der Waals surface area contributed by atoms with Crippen LogP contribution in [0, 0.1) is 0 Å². The Morgan fingerprint density at radius 2 is 2.32 bits per heavy atom. The summed E-state index contributed by atoms with van der Waals surface area (Å²) in [5.41, 5.74) is 1.36. The second-order valence-electron chi connectivity index (χ2n) is 5.94. The minimum Gasteiger partial charge on any atom is -0.371 e. The van der Waals surface area contributed by atoms with Crippen LogP contribution in [-0.2, 0) is 11.3 Å². The van der Waals surface area contributed by atoms with Crippen molar-refractivity contribution >= 4 is 0 Å². The van der Waals surface area contributed by atoms with Crippen molar-refractivity contribution in [2.75, 3.05) is 39.8 Å². The normalized spacial score (nSPS) is 29.7. The van der Waals surface area contributed by atoms with Gasteiger partial charge in [-0.05, 0) is 38.1 Å². The first-order valence-electron chi connectivity index (χ1n) is 7.20. The lowest BCUT2D eigenvalue weighted by Crippen LogP contribution is -2.58. The number of hydrogen-bond donors (Lipinski definition) is 0. The van der Waals surface area contributed by atoms with Crippen molar-refractivity contribution in [2.45, 2.75) is 25.0 Å². The molecule has 0 amide bonds. The number of likely N-dealkylation sites (tertiary alicyclic amines) is 1. The van der Waals surface area contributed by atoms with Crippen LogP contribution in [0.25, 0.3) is 0 Å². The highest BCUT2D eigenvalue weighted by molar-refractivity contribution is 5.08. The van der Waals surface area contributed by atoms with E-state index in [9.17, 15) is 0 Å². The van der Waals surface area contributed by atoms with Crippen LogP contribution in [-0.4, -0.2) is 60.2 Å². The summed E-state index contributed by atoms with van der Waals surface area (Å²) >= 11 is 0. The fraction of sp³-hybridized carbons (Fsp3) is 0.667. The van der Waals surface area contributed by atoms with Crippen molar-refractivity contribution < 1.29 is 4.74 Å². The second-order valence-corrected chi connectivity index (χ2v) is 5.94. The SMILES string of the molecule is CN1CCC[C@@]2(C1)CN(Cc1cccnc1)CCO2. The first-order valence-corrected chi connectivity index (χ1v) is 7.20. The van der Waals surface area contributed by atoms with Gasteiger partial charge in [-0.2, -0.15) is 0 Å². The van der Waals surface area contributed by atoms with Crippen LogP contribution in [0.15, 0.2) is 24.5 Å². The molecule has 0 saturated carbocycles. The summed E-state index contributed by atoms with van der Waals surface area (Å²) in [5, 5.41) is 0. The van der Waals surface area contributed by atoms with Crippen molar-refractivity contribution in [1.29, 1.82) is 0 Å². The third-order valence-electron chi connectivity index (χ3n) is 4.19. The van der Waals surface area contributed by atoms with Crippen LogP contribution in [0.4, 0.5) is 0 Å². The van der Waals surface area contributed by atoms with E-state index in [1.807, 2.05) is 18.5 Å². The van der Waals surface area contributed by atoms with Crippen molar-refractivity contribution in [3.63, 3.8) is 0 Å². The van der Waals surface area contributed by atoms with E-state index in [1.54, 1.807) is 0 Å². The number of morpholine rings is 1. The van der Waals surface area contributed by atoms with E-state index in [2.05, 4.69) is 27.9 Å². The van der Waals surface area contributed by atoms with Gasteiger partial charge >= 0.3 is 0 Å². The molecule has 3 rings (SSSR count). The zero-order valence-electron chi connectivity index (χ0n) is 11.7. The number of ether oxygens (including phenoxy) is 1. The maximum absolute atomic E-state index is 6.15. The topological polar surface area (TPSA) is 28.6 Å². The van der Waals surface area contributed by atoms with Gasteiger partial charge in [0, 0.05) is 38.6 Å². The van der Waals surface area contributed by atoms with Gasteiger partial charge in [0.1, 0.15) is 0 Å². The average molecular weight is 261 g/mol. The summed E-state index contributed by atoms with van der Waals surface area (Å²) in [5.74, 6) is 0. The number of hydrogen-bond acceptors (Lipinski definition) is 4. The van der Waals surface area contributed by atoms with Crippen molar-refractivity contribution in [3.8, 4) is 0 Å². The molecule has 1 spiro atoms. The van der Waals surface area contributed by atoms with E-state index in [0.717, 1.165) is 32.8 Å². The Bertz CT molecular complexity index is 407. The summed E-state index contributed by atoms with van der Waals surface area (Å²) in [4.78, 5) is 9.11. The van der Waals surface area contributed by atoms with E-state index < -0.39 is 0 Å². The molecular formula is C15H23N3O. The van der Waals surface area contributed by atoms with E-state index in [4.69, 9.17) is 4.74 Å². The molecule has 2 aliphatic rings. The molecule has 0 unspecified atom stereocenters. The first kappa shape index (κ1) is 13.0. The molecule has 4 heteroatoms. The number of likely N-dealkylation sites (N-methyl/N-ethyl adjacent to an activating group) is 1. The van der Waals surface area contributed by atoms with Gasteiger partial charge in [0.05, 0.1) is 12.2 Å². The Kier molecular flexibility index (Phi) is 3.82. The Morgan fingerprint density at radius 1 is 1.37 bits per heavy atom. The van der Waals surface area contributed by atoms with E-state index in [-0.39, 0.29) is 5.60 Å². The third kappa shape index (κ3) is 3.14. The molecule has 3 heterocycles. The molecule has 4 nitrogen and oxygen atoms in total. The lowest BCUT2D eigenvalue weighted by atomic mass is 9.91. The van der Waals surface area contributed by atoms with Crippen LogP contribution < -0.4 is 0 Å². The molecule has 1 aromatic rings. The van der Waals surface area contributed by atoms with E-state index in [1.165, 1.54) is 24.9 Å². The van der Waals surface area contributed by atoms with Gasteiger partial charge in [0.15, 0.2) is 0 Å². The average Bonchev–Trinajstić information content (AvgIpc) is 2.39. The minimum atomic E-state index is 0.0630. The smallest absolute Gasteiger partial charge is 0.0935 e. The molecule has 104 valence electrons. The van der Waals surface area contributed by atoms with Crippen LogP contribution in [0.1, 0.15) is 18.4 Å². The number of piperidine rings is 1. The Morgan fingerprint density at radius 3 is 3.11 bits per heavy atom. The maximum atomic E-state index is 6.15. The van der Waals surface area contributed by atoms with Gasteiger partial charge in [-0.1, -0.05) is 6.07 Å². The highest BCUT2D eigenvalue weighted by Crippen LogP contribution is 2.28. The molecule has 19 heavy (non-hydrogen) atoms. The number of nitrogens with zero attached hydrogens (tertiary/aromatic N) is 3. The number of aromatic nitrogens is 1. The summed E-state index contributed by atoms with van der Waals surface area (Å²) in [7, 11) is 2.20. The minimum absolute atomic E-state index is 0.0630. The molecule has 0 radical (unpaired) electrons. The predicted octanol–water partition coefficient (Wildman–Crippen LogP) is 1.38. The standard InChI is InChI=1S/C15H23N3O/c1-17-7-3-5-15(12-17)13-18(8-9-19-15)11-14-4-2-6-16-10-14/h2,4,6,10H,3,5,7-9,11-13H2,1H3/t15-/m1/s1. The number of rotatable bonds is 2. The Hall–Kier alpha value is -0.970. The van der Waals surface area contributed by atoms with Crippen LogP contribution in [0.2, 0.25) is 0 Å². The lowest BCUT2D eigenvalue weighted by molar-refractivity contribution is -0.138. The monoisotopic (exact) mass is 261 g/mol. The van der Waals surface area contributed by atoms with Gasteiger partial charge in [-0.3, -0.25) is 9.88 Å². The van der Waals surface area contributed by atoms with Gasteiger partial charge in [-0.15, -0.1) is 0 Å². The molecule has 2 aliphatic heterocycles. The molecule has 1 aromatic heterocycles. The second kappa shape index (κ2) is 5.57. The van der Waals surface area contributed by atoms with E-state index in [0.29, 0.717) is 0 Å². The molecule has 2 saturated heterocycles. The van der Waals surface area contributed by atoms with Crippen molar-refractivity contribution in [2.24, 2.45) is 0 Å². The summed E-state index contributed by atoms with van der Waals surface area (Å²) < 4.78 is 6.15. The molecule has 0 aliphatic carbocycles. The van der Waals surface area contributed by atoms with Gasteiger partial charge in [0.25, 0.3) is 0 Å². The van der Waals surface area contributed by atoms with Gasteiger partial charge in [-0.25, -0.2) is 0 Å². The van der Waals surface area contributed by atoms with Gasteiger partial charge in [0.2, 0.25) is 0 Å². The van der Waals surface area contributed by atoms with Crippen LogP contribution in [0.3, 0.4) is 0 Å². The zero-order valence-corrected chi connectivity index (χ0v) is 11.7. The van der Waals surface area contributed by atoms with Crippen LogP contribution in [0.5, 0.6) is 0 Å². The molecule has 0 bridgehead atoms. The zero-order chi connectivity index (χ0) is 13.1. The van der Waals surface area contributed by atoms with Crippen molar-refractivity contribution in [3.05, 3.63) is 30.1 Å². The molecule has 0 aromatic carbocycles. The highest BCUT2D eigenvalue weighted by atomic mass is 16.5. The first-order chi connectivity index (χ1) is 9.26. The molecule has 0 N–H and O–H groups in total. The Balaban J connectivity index is 1.64. The van der Waals surface area contributed by atoms with Crippen LogP contribution >= 0.6 is 0 Å². The number of pyridine rings is 1. The third-order valence-corrected chi connectivity index (χ3v) is 4.19. The summed E-state index contributed by atoms with van der Waals surface area (Å²) in [6.45, 7) is 6.19.